The molecule has 3 rings (SSSR count). The van der Waals surface area contributed by atoms with Gasteiger partial charge in [0, 0.05) is 12.1 Å². The lowest BCUT2D eigenvalue weighted by Gasteiger charge is -2.28. The van der Waals surface area contributed by atoms with Crippen LogP contribution in [0.5, 0.6) is 5.75 Å². The van der Waals surface area contributed by atoms with Crippen LogP contribution in [0.1, 0.15) is 23.3 Å². The van der Waals surface area contributed by atoms with E-state index in [0.29, 0.717) is 0 Å². The van der Waals surface area contributed by atoms with E-state index in [1.54, 1.807) is 6.92 Å². The zero-order valence-corrected chi connectivity index (χ0v) is 12.8. The molecule has 0 saturated carbocycles. The molecule has 0 radical (unpaired) electrons. The topological polar surface area (TPSA) is 57.5 Å². The van der Waals surface area contributed by atoms with Crippen LogP contribution in [0.25, 0.3) is 10.9 Å². The van der Waals surface area contributed by atoms with Gasteiger partial charge in [0.1, 0.15) is 12.2 Å². The fraction of sp³-hybridized carbons (Fsp3) is 0.333. The number of hydrogen-bond donors (Lipinski definition) is 0. The Morgan fingerprint density at radius 3 is 2.91 bits per heavy atom. The van der Waals surface area contributed by atoms with Crippen LogP contribution in [-0.2, 0) is 4.74 Å². The van der Waals surface area contributed by atoms with Crippen molar-refractivity contribution in [1.82, 2.24) is 4.57 Å². The number of benzene rings is 1. The van der Waals surface area contributed by atoms with E-state index in [2.05, 4.69) is 0 Å². The number of nitrogens with zero attached hydrogens (tertiary/aromatic N) is 1. The van der Waals surface area contributed by atoms with E-state index in [1.807, 2.05) is 0 Å². The summed E-state index contributed by atoms with van der Waals surface area (Å²) in [4.78, 5) is 24.4. The summed E-state index contributed by atoms with van der Waals surface area (Å²) in [6, 6.07) is 0.334. The molecule has 0 N–H and O–H groups in total. The Balaban J connectivity index is 2.41. The molecule has 1 aliphatic heterocycles. The lowest BCUT2D eigenvalue weighted by atomic mass is 10.1. The van der Waals surface area contributed by atoms with Crippen molar-refractivity contribution in [2.75, 3.05) is 19.1 Å². The first-order chi connectivity index (χ1) is 11.0. The third-order valence-electron chi connectivity index (χ3n) is 3.65. The van der Waals surface area contributed by atoms with Crippen LogP contribution in [0.4, 0.5) is 8.78 Å². The SMILES string of the molecule is CCOC(=O)c1cn2c3c(c(F)c(F)cc3c1=O)OCC2CCl. The van der Waals surface area contributed by atoms with Gasteiger partial charge in [0.15, 0.2) is 11.6 Å². The molecule has 0 saturated heterocycles. The Bertz CT molecular complexity index is 865. The number of hydrogen-bond acceptors (Lipinski definition) is 4. The van der Waals surface area contributed by atoms with Gasteiger partial charge in [-0.2, -0.15) is 4.39 Å². The quantitative estimate of drug-likeness (QED) is 0.635. The lowest BCUT2D eigenvalue weighted by Crippen LogP contribution is -2.29. The number of carbonyl (C=O) groups excluding carboxylic acids is 1. The highest BCUT2D eigenvalue weighted by molar-refractivity contribution is 6.18. The highest BCUT2D eigenvalue weighted by Gasteiger charge is 2.29. The Morgan fingerprint density at radius 1 is 1.52 bits per heavy atom. The van der Waals surface area contributed by atoms with Gasteiger partial charge >= 0.3 is 5.97 Å². The van der Waals surface area contributed by atoms with Gasteiger partial charge in [0.05, 0.1) is 23.6 Å². The van der Waals surface area contributed by atoms with Crippen molar-refractivity contribution in [2.45, 2.75) is 13.0 Å². The third-order valence-corrected chi connectivity index (χ3v) is 4.01. The van der Waals surface area contributed by atoms with Crippen LogP contribution in [0.3, 0.4) is 0 Å². The molecular formula is C15H12ClF2NO4. The average molecular weight is 344 g/mol. The highest BCUT2D eigenvalue weighted by atomic mass is 35.5. The number of carbonyl (C=O) groups is 1. The zero-order chi connectivity index (χ0) is 16.7. The molecule has 0 bridgehead atoms. The van der Waals surface area contributed by atoms with Gasteiger partial charge < -0.3 is 14.0 Å². The summed E-state index contributed by atoms with van der Waals surface area (Å²) in [5, 5.41) is -0.153. The first-order valence-electron chi connectivity index (χ1n) is 6.92. The molecule has 1 atom stereocenters. The number of esters is 1. The van der Waals surface area contributed by atoms with Crippen molar-refractivity contribution in [3.63, 3.8) is 0 Å². The normalized spacial score (nSPS) is 16.3. The Hall–Kier alpha value is -2.15. The highest BCUT2D eigenvalue weighted by Crippen LogP contribution is 2.35. The standard InChI is InChI=1S/C15H12ClF2NO4/c1-2-22-15(21)9-5-19-7(4-16)6-23-14-11(18)10(17)3-8(12(14)19)13(9)20/h3,5,7H,2,4,6H2,1H3. The van der Waals surface area contributed by atoms with E-state index < -0.39 is 29.1 Å². The van der Waals surface area contributed by atoms with Crippen molar-refractivity contribution in [2.24, 2.45) is 0 Å². The van der Waals surface area contributed by atoms with E-state index in [4.69, 9.17) is 21.1 Å². The predicted octanol–water partition coefficient (Wildman–Crippen LogP) is 2.63. The molecular weight excluding hydrogens is 332 g/mol. The summed E-state index contributed by atoms with van der Waals surface area (Å²) in [7, 11) is 0. The monoisotopic (exact) mass is 343 g/mol. The smallest absolute Gasteiger partial charge is 0.343 e. The van der Waals surface area contributed by atoms with Gasteiger partial charge in [0.25, 0.3) is 0 Å². The van der Waals surface area contributed by atoms with Gasteiger partial charge in [-0.1, -0.05) is 0 Å². The molecule has 0 spiro atoms. The summed E-state index contributed by atoms with van der Waals surface area (Å²) in [6.07, 6.45) is 1.26. The molecule has 8 heteroatoms. The number of rotatable bonds is 3. The van der Waals surface area contributed by atoms with Crippen LogP contribution in [0, 0.1) is 11.6 Å². The fourth-order valence-corrected chi connectivity index (χ4v) is 2.82. The maximum absolute atomic E-state index is 13.9. The zero-order valence-electron chi connectivity index (χ0n) is 12.1. The summed E-state index contributed by atoms with van der Waals surface area (Å²) in [5.41, 5.74) is -0.916. The van der Waals surface area contributed by atoms with Crippen molar-refractivity contribution in [1.29, 1.82) is 0 Å². The summed E-state index contributed by atoms with van der Waals surface area (Å²) < 4.78 is 39.2. The largest absolute Gasteiger partial charge is 0.486 e. The Morgan fingerprint density at radius 2 is 2.26 bits per heavy atom. The molecule has 0 fully saturated rings. The predicted molar refractivity (Wildman–Crippen MR) is 79.3 cm³/mol. The molecule has 1 aliphatic rings. The molecule has 1 unspecified atom stereocenters. The molecule has 5 nitrogen and oxygen atoms in total. The fourth-order valence-electron chi connectivity index (χ4n) is 2.58. The van der Waals surface area contributed by atoms with Crippen LogP contribution in [0.2, 0.25) is 0 Å². The molecule has 0 amide bonds. The second kappa shape index (κ2) is 5.81. The van der Waals surface area contributed by atoms with Gasteiger partial charge in [0.2, 0.25) is 11.2 Å². The summed E-state index contributed by atoms with van der Waals surface area (Å²) in [6.45, 7) is 1.68. The van der Waals surface area contributed by atoms with Crippen LogP contribution >= 0.6 is 11.6 Å². The molecule has 2 heterocycles. The molecule has 23 heavy (non-hydrogen) atoms. The lowest BCUT2D eigenvalue weighted by molar-refractivity contribution is 0.0523. The minimum Gasteiger partial charge on any atom is -0.486 e. The average Bonchev–Trinajstić information content (AvgIpc) is 2.54. The van der Waals surface area contributed by atoms with Crippen LogP contribution in [-0.4, -0.2) is 29.6 Å². The number of halogens is 3. The van der Waals surface area contributed by atoms with Crippen molar-refractivity contribution in [3.8, 4) is 5.75 Å². The van der Waals surface area contributed by atoms with E-state index in [-0.39, 0.29) is 41.3 Å². The molecule has 1 aromatic carbocycles. The second-order valence-electron chi connectivity index (χ2n) is 5.02. The summed E-state index contributed by atoms with van der Waals surface area (Å²) in [5.74, 6) is -3.47. The maximum Gasteiger partial charge on any atom is 0.343 e. The van der Waals surface area contributed by atoms with Crippen LogP contribution in [0.15, 0.2) is 17.1 Å². The number of aromatic nitrogens is 1. The van der Waals surface area contributed by atoms with Crippen molar-refractivity contribution >= 4 is 28.5 Å². The van der Waals surface area contributed by atoms with Gasteiger partial charge in [-0.05, 0) is 13.0 Å². The second-order valence-corrected chi connectivity index (χ2v) is 5.33. The van der Waals surface area contributed by atoms with E-state index in [9.17, 15) is 18.4 Å². The third kappa shape index (κ3) is 2.35. The van der Waals surface area contributed by atoms with Gasteiger partial charge in [-0.15, -0.1) is 11.6 Å². The molecule has 2 aromatic rings. The molecule has 0 aliphatic carbocycles. The minimum atomic E-state index is -1.22. The number of pyridine rings is 1. The van der Waals surface area contributed by atoms with Gasteiger partial charge in [-0.25, -0.2) is 9.18 Å². The van der Waals surface area contributed by atoms with E-state index >= 15 is 0 Å². The molecule has 122 valence electrons. The summed E-state index contributed by atoms with van der Waals surface area (Å²) >= 11 is 5.87. The van der Waals surface area contributed by atoms with Gasteiger partial charge in [-0.3, -0.25) is 4.79 Å². The van der Waals surface area contributed by atoms with E-state index in [1.165, 1.54) is 10.8 Å². The number of ether oxygens (including phenoxy) is 2. The van der Waals surface area contributed by atoms with E-state index in [0.717, 1.165) is 6.07 Å². The Labute approximate surface area is 134 Å². The van der Waals surface area contributed by atoms with Crippen molar-refractivity contribution < 1.29 is 23.0 Å². The first-order valence-corrected chi connectivity index (χ1v) is 7.45. The minimum absolute atomic E-state index is 0.00287. The Kier molecular flexibility index (Phi) is 3.97. The first kappa shape index (κ1) is 15.7. The maximum atomic E-state index is 13.9. The number of alkyl halides is 1. The van der Waals surface area contributed by atoms with Crippen molar-refractivity contribution in [3.05, 3.63) is 39.7 Å². The molecule has 1 aromatic heterocycles. The van der Waals surface area contributed by atoms with Crippen LogP contribution < -0.4 is 10.2 Å².